The van der Waals surface area contributed by atoms with Crippen LogP contribution >= 0.6 is 0 Å². The molecule has 3 atom stereocenters. The minimum Gasteiger partial charge on any atom is -0.302 e. The van der Waals surface area contributed by atoms with Crippen molar-refractivity contribution < 1.29 is 0 Å². The molecule has 1 heterocycles. The maximum absolute atomic E-state index is 9.15. The van der Waals surface area contributed by atoms with Crippen molar-refractivity contribution in [3.05, 3.63) is 0 Å². The van der Waals surface area contributed by atoms with Crippen molar-refractivity contribution >= 4 is 0 Å². The number of hydrogen-bond donors (Lipinski definition) is 1. The van der Waals surface area contributed by atoms with Crippen LogP contribution in [-0.2, 0) is 0 Å². The Bertz CT molecular complexity index is 246. The van der Waals surface area contributed by atoms with Gasteiger partial charge >= 0.3 is 0 Å². The highest BCUT2D eigenvalue weighted by Gasteiger charge is 2.34. The topological polar surface area (TPSA) is 39.1 Å². The predicted molar refractivity (Wildman–Crippen MR) is 62.6 cm³/mol. The van der Waals surface area contributed by atoms with Crippen LogP contribution < -0.4 is 5.32 Å². The fourth-order valence-corrected chi connectivity index (χ4v) is 2.38. The Labute approximate surface area is 93.5 Å². The second-order valence-corrected chi connectivity index (χ2v) is 4.85. The third-order valence-electron chi connectivity index (χ3n) is 3.72. The third kappa shape index (κ3) is 2.70. The van der Waals surface area contributed by atoms with Crippen LogP contribution in [0.25, 0.3) is 0 Å². The summed E-state index contributed by atoms with van der Waals surface area (Å²) in [5.74, 6) is 0. The van der Waals surface area contributed by atoms with E-state index in [0.717, 1.165) is 6.54 Å². The van der Waals surface area contributed by atoms with Gasteiger partial charge in [-0.1, -0.05) is 6.92 Å². The zero-order valence-corrected chi connectivity index (χ0v) is 10.4. The van der Waals surface area contributed by atoms with E-state index >= 15 is 0 Å². The van der Waals surface area contributed by atoms with Gasteiger partial charge in [-0.3, -0.25) is 4.90 Å². The van der Waals surface area contributed by atoms with Crippen LogP contribution in [0.1, 0.15) is 40.0 Å². The lowest BCUT2D eigenvalue weighted by Gasteiger charge is -2.34. The summed E-state index contributed by atoms with van der Waals surface area (Å²) in [4.78, 5) is 2.49. The first-order valence-corrected chi connectivity index (χ1v) is 5.92. The number of nitrogens with one attached hydrogen (secondary N) is 1. The molecule has 1 aliphatic heterocycles. The van der Waals surface area contributed by atoms with Gasteiger partial charge in [0.05, 0.1) is 6.07 Å². The molecule has 0 radical (unpaired) electrons. The number of hydrogen-bond acceptors (Lipinski definition) is 3. The Morgan fingerprint density at radius 1 is 1.53 bits per heavy atom. The highest BCUT2D eigenvalue weighted by Crippen LogP contribution is 2.27. The normalized spacial score (nSPS) is 31.1. The molecule has 0 saturated carbocycles. The predicted octanol–water partition coefficient (Wildman–Crippen LogP) is 1.75. The van der Waals surface area contributed by atoms with E-state index in [-0.39, 0.29) is 0 Å². The number of nitriles is 1. The lowest BCUT2D eigenvalue weighted by atomic mass is 10.0. The van der Waals surface area contributed by atoms with Gasteiger partial charge in [0, 0.05) is 18.6 Å². The molecule has 0 spiro atoms. The van der Waals surface area contributed by atoms with E-state index in [1.54, 1.807) is 0 Å². The van der Waals surface area contributed by atoms with Crippen molar-refractivity contribution in [2.24, 2.45) is 0 Å². The molecule has 0 aromatic rings. The van der Waals surface area contributed by atoms with Gasteiger partial charge < -0.3 is 5.32 Å². The van der Waals surface area contributed by atoms with Crippen molar-refractivity contribution in [3.63, 3.8) is 0 Å². The first-order chi connectivity index (χ1) is 7.06. The van der Waals surface area contributed by atoms with E-state index < -0.39 is 5.54 Å². The molecule has 0 aromatic heterocycles. The molecule has 1 aliphatic rings. The number of likely N-dealkylation sites (tertiary alicyclic amines) is 1. The summed E-state index contributed by atoms with van der Waals surface area (Å²) < 4.78 is 0. The SMILES string of the molecule is CCC1CCC(C)N1CC(C)(C#N)NC. The van der Waals surface area contributed by atoms with E-state index in [1.807, 2.05) is 14.0 Å². The lowest BCUT2D eigenvalue weighted by molar-refractivity contribution is 0.164. The van der Waals surface area contributed by atoms with Crippen molar-refractivity contribution in [1.82, 2.24) is 10.2 Å². The second kappa shape index (κ2) is 4.96. The minimum absolute atomic E-state index is 0.411. The highest BCUT2D eigenvalue weighted by molar-refractivity contribution is 5.06. The summed E-state index contributed by atoms with van der Waals surface area (Å²) in [6, 6.07) is 3.66. The molecule has 0 bridgehead atoms. The fourth-order valence-electron chi connectivity index (χ4n) is 2.38. The Kier molecular flexibility index (Phi) is 4.12. The summed E-state index contributed by atoms with van der Waals surface area (Å²) in [5.41, 5.74) is -0.411. The molecule has 3 heteroatoms. The van der Waals surface area contributed by atoms with Crippen LogP contribution in [0.15, 0.2) is 0 Å². The van der Waals surface area contributed by atoms with Crippen LogP contribution in [0.2, 0.25) is 0 Å². The molecule has 1 rings (SSSR count). The lowest BCUT2D eigenvalue weighted by Crippen LogP contribution is -2.51. The Hall–Kier alpha value is -0.590. The molecule has 1 fully saturated rings. The zero-order valence-electron chi connectivity index (χ0n) is 10.4. The number of rotatable bonds is 4. The zero-order chi connectivity index (χ0) is 11.5. The van der Waals surface area contributed by atoms with Crippen molar-refractivity contribution in [3.8, 4) is 6.07 Å². The average molecular weight is 209 g/mol. The monoisotopic (exact) mass is 209 g/mol. The van der Waals surface area contributed by atoms with E-state index in [9.17, 15) is 0 Å². The van der Waals surface area contributed by atoms with Crippen LogP contribution in [0.5, 0.6) is 0 Å². The Morgan fingerprint density at radius 3 is 2.67 bits per heavy atom. The van der Waals surface area contributed by atoms with E-state index in [1.165, 1.54) is 19.3 Å². The van der Waals surface area contributed by atoms with Gasteiger partial charge in [-0.2, -0.15) is 5.26 Å². The number of likely N-dealkylation sites (N-methyl/N-ethyl adjacent to an activating group) is 1. The molecule has 3 unspecified atom stereocenters. The molecule has 1 saturated heterocycles. The van der Waals surface area contributed by atoms with Crippen LogP contribution in [0.4, 0.5) is 0 Å². The third-order valence-corrected chi connectivity index (χ3v) is 3.72. The summed E-state index contributed by atoms with van der Waals surface area (Å²) in [6.07, 6.45) is 3.74. The van der Waals surface area contributed by atoms with E-state index in [2.05, 4.69) is 30.1 Å². The van der Waals surface area contributed by atoms with Gasteiger partial charge in [0.1, 0.15) is 5.54 Å². The van der Waals surface area contributed by atoms with Gasteiger partial charge in [-0.05, 0) is 40.2 Å². The highest BCUT2D eigenvalue weighted by atomic mass is 15.2. The quantitative estimate of drug-likeness (QED) is 0.766. The molecule has 1 N–H and O–H groups in total. The first kappa shape index (κ1) is 12.5. The van der Waals surface area contributed by atoms with Crippen molar-refractivity contribution in [2.75, 3.05) is 13.6 Å². The summed E-state index contributed by atoms with van der Waals surface area (Å²) in [5, 5.41) is 12.3. The van der Waals surface area contributed by atoms with Crippen molar-refractivity contribution in [2.45, 2.75) is 57.7 Å². The van der Waals surface area contributed by atoms with Gasteiger partial charge in [-0.15, -0.1) is 0 Å². The molecule has 86 valence electrons. The van der Waals surface area contributed by atoms with Crippen LogP contribution in [-0.4, -0.2) is 36.1 Å². The van der Waals surface area contributed by atoms with Gasteiger partial charge in [0.25, 0.3) is 0 Å². The average Bonchev–Trinajstić information content (AvgIpc) is 2.60. The summed E-state index contributed by atoms with van der Waals surface area (Å²) in [7, 11) is 1.87. The standard InChI is InChI=1S/C12H23N3/c1-5-11-7-6-10(2)15(11)9-12(3,8-13)14-4/h10-11,14H,5-7,9H2,1-4H3. The maximum Gasteiger partial charge on any atom is 0.116 e. The van der Waals surface area contributed by atoms with Gasteiger partial charge in [0.2, 0.25) is 0 Å². The maximum atomic E-state index is 9.15. The van der Waals surface area contributed by atoms with E-state index in [4.69, 9.17) is 5.26 Å². The largest absolute Gasteiger partial charge is 0.302 e. The first-order valence-electron chi connectivity index (χ1n) is 5.92. The second-order valence-electron chi connectivity index (χ2n) is 4.85. The molecule has 3 nitrogen and oxygen atoms in total. The van der Waals surface area contributed by atoms with Crippen LogP contribution in [0, 0.1) is 11.3 Å². The van der Waals surface area contributed by atoms with Crippen LogP contribution in [0.3, 0.4) is 0 Å². The molecule has 15 heavy (non-hydrogen) atoms. The molecule has 0 aliphatic carbocycles. The molecular formula is C12H23N3. The molecule has 0 amide bonds. The fraction of sp³-hybridized carbons (Fsp3) is 0.917. The Morgan fingerprint density at radius 2 is 2.20 bits per heavy atom. The summed E-state index contributed by atoms with van der Waals surface area (Å²) in [6.45, 7) is 7.31. The molecule has 0 aromatic carbocycles. The van der Waals surface area contributed by atoms with Gasteiger partial charge in [0.15, 0.2) is 0 Å². The molecular weight excluding hydrogens is 186 g/mol. The summed E-state index contributed by atoms with van der Waals surface area (Å²) >= 11 is 0. The van der Waals surface area contributed by atoms with Crippen molar-refractivity contribution in [1.29, 1.82) is 5.26 Å². The minimum atomic E-state index is -0.411. The number of nitrogens with zero attached hydrogens (tertiary/aromatic N) is 2. The van der Waals surface area contributed by atoms with Gasteiger partial charge in [-0.25, -0.2) is 0 Å². The van der Waals surface area contributed by atoms with E-state index in [0.29, 0.717) is 12.1 Å². The smallest absolute Gasteiger partial charge is 0.116 e. The Balaban J connectivity index is 2.67.